The number of hydrogen-bond acceptors (Lipinski definition) is 5. The molecule has 0 aliphatic carbocycles. The molecule has 0 saturated heterocycles. The molecule has 8 nitrogen and oxygen atoms in total. The molecule has 1 heterocycles. The molecule has 1 aromatic carbocycles. The standard InChI is InChI=1S/C23H38N6O2/c1-7-24-22(26-17-23(4,30)19-14-27-28(5)16-19)25-15-21(29(8-2)9-3)18-11-10-12-20(13-18)31-6/h10-14,16,21,30H,7-9,15,17H2,1-6H3,(H2,24,25,26). The molecule has 2 rings (SSSR count). The molecule has 0 spiro atoms. The summed E-state index contributed by atoms with van der Waals surface area (Å²) in [5, 5.41) is 21.7. The number of guanidine groups is 1. The predicted octanol–water partition coefficient (Wildman–Crippen LogP) is 2.27. The monoisotopic (exact) mass is 430 g/mol. The summed E-state index contributed by atoms with van der Waals surface area (Å²) in [6.45, 7) is 11.6. The van der Waals surface area contributed by atoms with Crippen molar-refractivity contribution in [2.75, 3.05) is 39.8 Å². The molecule has 0 fully saturated rings. The topological polar surface area (TPSA) is 86.9 Å². The number of hydrogen-bond donors (Lipinski definition) is 3. The first kappa shape index (κ1) is 24.7. The number of aliphatic hydroxyl groups is 1. The molecule has 172 valence electrons. The molecule has 0 aliphatic rings. The van der Waals surface area contributed by atoms with Crippen molar-refractivity contribution >= 4 is 5.96 Å². The zero-order valence-electron chi connectivity index (χ0n) is 19.7. The molecular weight excluding hydrogens is 392 g/mol. The first-order valence-electron chi connectivity index (χ1n) is 11.0. The van der Waals surface area contributed by atoms with Gasteiger partial charge in [0.05, 0.1) is 25.9 Å². The number of nitrogens with one attached hydrogen (secondary N) is 2. The first-order chi connectivity index (χ1) is 14.8. The summed E-state index contributed by atoms with van der Waals surface area (Å²) in [5.74, 6) is 1.52. The Kier molecular flexibility index (Phi) is 9.33. The van der Waals surface area contributed by atoms with Crippen LogP contribution in [0.3, 0.4) is 0 Å². The van der Waals surface area contributed by atoms with E-state index >= 15 is 0 Å². The van der Waals surface area contributed by atoms with E-state index in [1.807, 2.05) is 32.3 Å². The molecule has 2 atom stereocenters. The van der Waals surface area contributed by atoms with Crippen LogP contribution in [-0.4, -0.2) is 65.6 Å². The second-order valence-electron chi connectivity index (χ2n) is 7.77. The summed E-state index contributed by atoms with van der Waals surface area (Å²) in [4.78, 5) is 7.05. The van der Waals surface area contributed by atoms with E-state index in [4.69, 9.17) is 4.74 Å². The van der Waals surface area contributed by atoms with Gasteiger partial charge < -0.3 is 20.5 Å². The average molecular weight is 431 g/mol. The van der Waals surface area contributed by atoms with Crippen LogP contribution in [0, 0.1) is 0 Å². The third kappa shape index (κ3) is 6.97. The smallest absolute Gasteiger partial charge is 0.191 e. The summed E-state index contributed by atoms with van der Waals surface area (Å²) >= 11 is 0. The maximum Gasteiger partial charge on any atom is 0.191 e. The summed E-state index contributed by atoms with van der Waals surface area (Å²) in [5.41, 5.74) is 0.836. The lowest BCUT2D eigenvalue weighted by Crippen LogP contribution is -2.44. The molecule has 8 heteroatoms. The molecule has 0 saturated carbocycles. The minimum Gasteiger partial charge on any atom is -0.497 e. The number of benzene rings is 1. The molecule has 0 aliphatic heterocycles. The largest absolute Gasteiger partial charge is 0.497 e. The van der Waals surface area contributed by atoms with Gasteiger partial charge in [-0.25, -0.2) is 4.99 Å². The van der Waals surface area contributed by atoms with Gasteiger partial charge >= 0.3 is 0 Å². The molecule has 2 unspecified atom stereocenters. The van der Waals surface area contributed by atoms with E-state index in [-0.39, 0.29) is 12.6 Å². The Morgan fingerprint density at radius 3 is 2.61 bits per heavy atom. The van der Waals surface area contributed by atoms with Gasteiger partial charge in [0.2, 0.25) is 0 Å². The van der Waals surface area contributed by atoms with E-state index in [9.17, 15) is 5.11 Å². The normalized spacial score (nSPS) is 14.9. The maximum atomic E-state index is 10.9. The van der Waals surface area contributed by atoms with Crippen LogP contribution in [0.4, 0.5) is 0 Å². The lowest BCUT2D eigenvalue weighted by Gasteiger charge is -2.31. The zero-order valence-corrected chi connectivity index (χ0v) is 19.7. The van der Waals surface area contributed by atoms with Crippen LogP contribution in [0.1, 0.15) is 44.9 Å². The van der Waals surface area contributed by atoms with Crippen LogP contribution < -0.4 is 15.4 Å². The SMILES string of the molecule is CCNC(=NCC(C)(O)c1cnn(C)c1)NCC(c1cccc(OC)c1)N(CC)CC. The van der Waals surface area contributed by atoms with Crippen molar-refractivity contribution in [1.82, 2.24) is 25.3 Å². The minimum absolute atomic E-state index is 0.160. The summed E-state index contributed by atoms with van der Waals surface area (Å²) in [6, 6.07) is 8.36. The van der Waals surface area contributed by atoms with E-state index in [1.165, 1.54) is 5.56 Å². The highest BCUT2D eigenvalue weighted by Crippen LogP contribution is 2.24. The highest BCUT2D eigenvalue weighted by Gasteiger charge is 2.25. The highest BCUT2D eigenvalue weighted by atomic mass is 16.5. The second kappa shape index (κ2) is 11.7. The maximum absolute atomic E-state index is 10.9. The number of ether oxygens (including phenoxy) is 1. The fourth-order valence-corrected chi connectivity index (χ4v) is 3.53. The van der Waals surface area contributed by atoms with Crippen LogP contribution in [0.2, 0.25) is 0 Å². The molecule has 2 aromatic rings. The van der Waals surface area contributed by atoms with Gasteiger partial charge in [0.1, 0.15) is 11.4 Å². The Bertz CT molecular complexity index is 829. The number of aliphatic imine (C=N–C) groups is 1. The van der Waals surface area contributed by atoms with Gasteiger partial charge in [-0.2, -0.15) is 5.10 Å². The van der Waals surface area contributed by atoms with Crippen molar-refractivity contribution < 1.29 is 9.84 Å². The minimum atomic E-state index is -1.10. The molecule has 3 N–H and O–H groups in total. The van der Waals surface area contributed by atoms with Gasteiger partial charge in [0, 0.05) is 31.9 Å². The molecule has 31 heavy (non-hydrogen) atoms. The van der Waals surface area contributed by atoms with Crippen molar-refractivity contribution in [3.8, 4) is 5.75 Å². The fraction of sp³-hybridized carbons (Fsp3) is 0.565. The van der Waals surface area contributed by atoms with E-state index in [0.29, 0.717) is 12.5 Å². The van der Waals surface area contributed by atoms with Crippen molar-refractivity contribution in [3.63, 3.8) is 0 Å². The Morgan fingerprint density at radius 1 is 1.29 bits per heavy atom. The van der Waals surface area contributed by atoms with Gasteiger partial charge in [0.25, 0.3) is 0 Å². The van der Waals surface area contributed by atoms with E-state index in [0.717, 1.165) is 30.9 Å². The fourth-order valence-electron chi connectivity index (χ4n) is 3.53. The number of nitrogens with zero attached hydrogens (tertiary/aromatic N) is 4. The molecule has 0 radical (unpaired) electrons. The van der Waals surface area contributed by atoms with E-state index < -0.39 is 5.60 Å². The lowest BCUT2D eigenvalue weighted by molar-refractivity contribution is 0.0671. The van der Waals surface area contributed by atoms with E-state index in [2.05, 4.69) is 51.6 Å². The van der Waals surface area contributed by atoms with Crippen molar-refractivity contribution in [3.05, 3.63) is 47.8 Å². The molecular formula is C23H38N6O2. The van der Waals surface area contributed by atoms with Gasteiger partial charge in [-0.05, 0) is 44.6 Å². The Hall–Kier alpha value is -2.58. The number of methoxy groups -OCH3 is 1. The van der Waals surface area contributed by atoms with Crippen molar-refractivity contribution in [1.29, 1.82) is 0 Å². The van der Waals surface area contributed by atoms with Gasteiger partial charge in [-0.1, -0.05) is 26.0 Å². The van der Waals surface area contributed by atoms with Crippen LogP contribution in [0.5, 0.6) is 5.75 Å². The third-order valence-electron chi connectivity index (χ3n) is 5.41. The van der Waals surface area contributed by atoms with E-state index in [1.54, 1.807) is 24.9 Å². The summed E-state index contributed by atoms with van der Waals surface area (Å²) in [6.07, 6.45) is 3.49. The average Bonchev–Trinajstić information content (AvgIpc) is 3.22. The molecule has 1 aromatic heterocycles. The van der Waals surface area contributed by atoms with Crippen molar-refractivity contribution in [2.24, 2.45) is 12.0 Å². The lowest BCUT2D eigenvalue weighted by atomic mass is 10.0. The predicted molar refractivity (Wildman–Crippen MR) is 125 cm³/mol. The zero-order chi connectivity index (χ0) is 22.9. The summed E-state index contributed by atoms with van der Waals surface area (Å²) < 4.78 is 7.11. The van der Waals surface area contributed by atoms with Gasteiger partial charge in [-0.15, -0.1) is 0 Å². The van der Waals surface area contributed by atoms with Gasteiger partial charge in [0.15, 0.2) is 5.96 Å². The summed E-state index contributed by atoms with van der Waals surface area (Å²) in [7, 11) is 3.52. The highest BCUT2D eigenvalue weighted by molar-refractivity contribution is 5.79. The Morgan fingerprint density at radius 2 is 2.03 bits per heavy atom. The quantitative estimate of drug-likeness (QED) is 0.375. The first-order valence-corrected chi connectivity index (χ1v) is 11.0. The number of likely N-dealkylation sites (N-methyl/N-ethyl adjacent to an activating group) is 1. The molecule has 0 bridgehead atoms. The number of aromatic nitrogens is 2. The van der Waals surface area contributed by atoms with Crippen molar-refractivity contribution in [2.45, 2.75) is 39.3 Å². The van der Waals surface area contributed by atoms with Crippen LogP contribution in [0.15, 0.2) is 41.7 Å². The number of aryl methyl sites for hydroxylation is 1. The Balaban J connectivity index is 2.17. The van der Waals surface area contributed by atoms with Crippen LogP contribution in [-0.2, 0) is 12.6 Å². The third-order valence-corrected chi connectivity index (χ3v) is 5.41. The number of rotatable bonds is 11. The van der Waals surface area contributed by atoms with Gasteiger partial charge in [-0.3, -0.25) is 9.58 Å². The second-order valence-corrected chi connectivity index (χ2v) is 7.77. The van der Waals surface area contributed by atoms with Crippen LogP contribution >= 0.6 is 0 Å². The molecule has 0 amide bonds. The Labute approximate surface area is 186 Å². The van der Waals surface area contributed by atoms with Crippen LogP contribution in [0.25, 0.3) is 0 Å².